The van der Waals surface area contributed by atoms with Crippen LogP contribution in [-0.2, 0) is 9.47 Å². The predicted molar refractivity (Wildman–Crippen MR) is 96.7 cm³/mol. The summed E-state index contributed by atoms with van der Waals surface area (Å²) in [7, 11) is 3.29. The standard InChI is InChI=1S/C20H28FNO4/c1-20(2,3)26-19(24)22(4)16-11-8-14(12-17(16)25-5)18(23)13-6-9-15(21)10-7-13/h6-7,9-10,14,16-17H,8,11-12H2,1-5H3/t14-,16-,17-/m1/s1. The average molecular weight is 365 g/mol. The Hall–Kier alpha value is -1.95. The zero-order valence-electron chi connectivity index (χ0n) is 16.1. The number of hydrogen-bond acceptors (Lipinski definition) is 4. The molecule has 5 nitrogen and oxygen atoms in total. The highest BCUT2D eigenvalue weighted by Crippen LogP contribution is 2.32. The fourth-order valence-electron chi connectivity index (χ4n) is 3.37. The van der Waals surface area contributed by atoms with Gasteiger partial charge in [-0.05, 0) is 64.3 Å². The van der Waals surface area contributed by atoms with Gasteiger partial charge in [-0.25, -0.2) is 9.18 Å². The van der Waals surface area contributed by atoms with Crippen LogP contribution in [0.25, 0.3) is 0 Å². The van der Waals surface area contributed by atoms with Gasteiger partial charge in [-0.2, -0.15) is 0 Å². The van der Waals surface area contributed by atoms with Gasteiger partial charge in [-0.15, -0.1) is 0 Å². The lowest BCUT2D eigenvalue weighted by Gasteiger charge is -2.40. The van der Waals surface area contributed by atoms with Crippen LogP contribution in [0.5, 0.6) is 0 Å². The molecule has 1 aromatic rings. The van der Waals surface area contributed by atoms with Gasteiger partial charge in [0.15, 0.2) is 5.78 Å². The summed E-state index contributed by atoms with van der Waals surface area (Å²) in [5.74, 6) is -0.571. The minimum atomic E-state index is -0.566. The number of carbonyl (C=O) groups excluding carboxylic acids is 2. The Kier molecular flexibility index (Phi) is 6.39. The number of ketones is 1. The lowest BCUT2D eigenvalue weighted by molar-refractivity contribution is -0.0303. The molecule has 26 heavy (non-hydrogen) atoms. The van der Waals surface area contributed by atoms with Crippen LogP contribution in [-0.4, -0.2) is 48.7 Å². The molecule has 1 aliphatic carbocycles. The second kappa shape index (κ2) is 8.16. The Morgan fingerprint density at radius 3 is 2.31 bits per heavy atom. The molecule has 1 amide bonds. The van der Waals surface area contributed by atoms with Crippen molar-refractivity contribution >= 4 is 11.9 Å². The van der Waals surface area contributed by atoms with Gasteiger partial charge in [0.05, 0.1) is 12.1 Å². The first-order valence-electron chi connectivity index (χ1n) is 8.90. The summed E-state index contributed by atoms with van der Waals surface area (Å²) in [6.07, 6.45) is 1.16. The number of likely N-dealkylation sites (N-methyl/N-ethyl adjacent to an activating group) is 1. The van der Waals surface area contributed by atoms with Crippen LogP contribution in [0.2, 0.25) is 0 Å². The lowest BCUT2D eigenvalue weighted by atomic mass is 9.79. The summed E-state index contributed by atoms with van der Waals surface area (Å²) in [6.45, 7) is 5.47. The molecule has 2 rings (SSSR count). The van der Waals surface area contributed by atoms with E-state index in [1.807, 2.05) is 20.8 Å². The zero-order chi connectivity index (χ0) is 19.5. The molecule has 0 radical (unpaired) electrons. The molecule has 0 spiro atoms. The maximum Gasteiger partial charge on any atom is 0.410 e. The third-order valence-corrected chi connectivity index (χ3v) is 4.74. The Labute approximate surface area is 154 Å². The van der Waals surface area contributed by atoms with Crippen molar-refractivity contribution in [2.45, 2.75) is 57.8 Å². The van der Waals surface area contributed by atoms with E-state index in [-0.39, 0.29) is 29.7 Å². The number of Topliss-reactive ketones (excluding diaryl/α,β-unsaturated/α-hetero) is 1. The third-order valence-electron chi connectivity index (χ3n) is 4.74. The monoisotopic (exact) mass is 365 g/mol. The molecule has 1 fully saturated rings. The Morgan fingerprint density at radius 2 is 1.77 bits per heavy atom. The van der Waals surface area contributed by atoms with E-state index in [0.717, 1.165) is 0 Å². The third kappa shape index (κ3) is 5.04. The number of amides is 1. The molecule has 144 valence electrons. The van der Waals surface area contributed by atoms with Crippen molar-refractivity contribution in [2.75, 3.05) is 14.2 Å². The summed E-state index contributed by atoms with van der Waals surface area (Å²) in [6, 6.07) is 5.47. The number of ether oxygens (including phenoxy) is 2. The highest BCUT2D eigenvalue weighted by Gasteiger charge is 2.38. The molecule has 0 aromatic heterocycles. The summed E-state index contributed by atoms with van der Waals surface area (Å²) in [5.41, 5.74) is -0.0610. The number of carbonyl (C=O) groups is 2. The van der Waals surface area contributed by atoms with Gasteiger partial charge in [-0.3, -0.25) is 4.79 Å². The minimum Gasteiger partial charge on any atom is -0.444 e. The van der Waals surface area contributed by atoms with Crippen LogP contribution < -0.4 is 0 Å². The van der Waals surface area contributed by atoms with Gasteiger partial charge < -0.3 is 14.4 Å². The van der Waals surface area contributed by atoms with Crippen molar-refractivity contribution in [3.63, 3.8) is 0 Å². The van der Waals surface area contributed by atoms with Gasteiger partial charge in [-0.1, -0.05) is 0 Å². The largest absolute Gasteiger partial charge is 0.444 e. The SMILES string of the molecule is CO[C@@H]1C[C@H](C(=O)c2ccc(F)cc2)CC[C@H]1N(C)C(=O)OC(C)(C)C. The van der Waals surface area contributed by atoms with Crippen molar-refractivity contribution in [1.29, 1.82) is 0 Å². The summed E-state index contributed by atoms with van der Waals surface area (Å²) >= 11 is 0. The average Bonchev–Trinajstić information content (AvgIpc) is 2.59. The van der Waals surface area contributed by atoms with Crippen LogP contribution in [0.15, 0.2) is 24.3 Å². The summed E-state index contributed by atoms with van der Waals surface area (Å²) in [4.78, 5) is 26.6. The quantitative estimate of drug-likeness (QED) is 0.755. The molecule has 3 atom stereocenters. The van der Waals surface area contributed by atoms with Crippen LogP contribution >= 0.6 is 0 Å². The highest BCUT2D eigenvalue weighted by molar-refractivity contribution is 5.97. The van der Waals surface area contributed by atoms with Gasteiger partial charge in [0.25, 0.3) is 0 Å². The molecule has 0 N–H and O–H groups in total. The topological polar surface area (TPSA) is 55.8 Å². The molecule has 1 aromatic carbocycles. The molecular weight excluding hydrogens is 337 g/mol. The van der Waals surface area contributed by atoms with E-state index in [1.165, 1.54) is 24.3 Å². The first-order chi connectivity index (χ1) is 12.1. The number of benzene rings is 1. The van der Waals surface area contributed by atoms with E-state index in [2.05, 4.69) is 0 Å². The minimum absolute atomic E-state index is 0.00887. The molecule has 0 bridgehead atoms. The number of nitrogens with zero attached hydrogens (tertiary/aromatic N) is 1. The fraction of sp³-hybridized carbons (Fsp3) is 0.600. The Balaban J connectivity index is 2.04. The molecule has 6 heteroatoms. The first kappa shape index (κ1) is 20.4. The summed E-state index contributed by atoms with van der Waals surface area (Å²) in [5, 5.41) is 0. The van der Waals surface area contributed by atoms with E-state index >= 15 is 0 Å². The van der Waals surface area contributed by atoms with Crippen molar-refractivity contribution in [2.24, 2.45) is 5.92 Å². The number of halogens is 1. The predicted octanol–water partition coefficient (Wildman–Crippen LogP) is 4.06. The zero-order valence-corrected chi connectivity index (χ0v) is 16.1. The Morgan fingerprint density at radius 1 is 1.15 bits per heavy atom. The molecule has 1 saturated carbocycles. The van der Waals surface area contributed by atoms with Gasteiger partial charge in [0, 0.05) is 25.6 Å². The second-order valence-electron chi connectivity index (χ2n) is 7.81. The van der Waals surface area contributed by atoms with E-state index in [9.17, 15) is 14.0 Å². The molecule has 0 heterocycles. The van der Waals surface area contributed by atoms with Gasteiger partial charge >= 0.3 is 6.09 Å². The highest BCUT2D eigenvalue weighted by atomic mass is 19.1. The maximum atomic E-state index is 13.1. The molecule has 0 saturated heterocycles. The van der Waals surface area contributed by atoms with Gasteiger partial charge in [0.1, 0.15) is 11.4 Å². The lowest BCUT2D eigenvalue weighted by Crippen LogP contribution is -2.50. The van der Waals surface area contributed by atoms with Crippen LogP contribution in [0.3, 0.4) is 0 Å². The van der Waals surface area contributed by atoms with E-state index in [0.29, 0.717) is 24.8 Å². The molecule has 1 aliphatic rings. The summed E-state index contributed by atoms with van der Waals surface area (Å²) < 4.78 is 24.1. The smallest absolute Gasteiger partial charge is 0.410 e. The van der Waals surface area contributed by atoms with E-state index in [1.54, 1.807) is 19.1 Å². The van der Waals surface area contributed by atoms with E-state index < -0.39 is 11.7 Å². The second-order valence-corrected chi connectivity index (χ2v) is 7.81. The Bertz CT molecular complexity index is 638. The van der Waals surface area contributed by atoms with Crippen molar-refractivity contribution < 1.29 is 23.5 Å². The van der Waals surface area contributed by atoms with Crippen molar-refractivity contribution in [1.82, 2.24) is 4.90 Å². The molecule has 0 unspecified atom stereocenters. The molecule has 0 aliphatic heterocycles. The number of hydrogen-bond donors (Lipinski definition) is 0. The van der Waals surface area contributed by atoms with E-state index in [4.69, 9.17) is 9.47 Å². The van der Waals surface area contributed by atoms with Crippen molar-refractivity contribution in [3.05, 3.63) is 35.6 Å². The number of methoxy groups -OCH3 is 1. The first-order valence-corrected chi connectivity index (χ1v) is 8.90. The maximum absolute atomic E-state index is 13.1. The van der Waals surface area contributed by atoms with Crippen LogP contribution in [0, 0.1) is 11.7 Å². The molecular formula is C20H28FNO4. The van der Waals surface area contributed by atoms with Crippen LogP contribution in [0.1, 0.15) is 50.4 Å². The number of rotatable bonds is 4. The van der Waals surface area contributed by atoms with Crippen LogP contribution in [0.4, 0.5) is 9.18 Å². The van der Waals surface area contributed by atoms with Gasteiger partial charge in [0.2, 0.25) is 0 Å². The van der Waals surface area contributed by atoms with Crippen molar-refractivity contribution in [3.8, 4) is 0 Å². The normalized spacial score (nSPS) is 23.4. The fourth-order valence-corrected chi connectivity index (χ4v) is 3.37.